The van der Waals surface area contributed by atoms with Crippen molar-refractivity contribution in [3.8, 4) is 0 Å². The average molecular weight is 271 g/mol. The van der Waals surface area contributed by atoms with Gasteiger partial charge in [0.2, 0.25) is 0 Å². The molecule has 0 N–H and O–H groups in total. The van der Waals surface area contributed by atoms with Crippen LogP contribution in [0.3, 0.4) is 0 Å². The Morgan fingerprint density at radius 1 is 1.33 bits per heavy atom. The van der Waals surface area contributed by atoms with Crippen LogP contribution >= 0.6 is 11.6 Å². The molecule has 1 aliphatic rings. The summed E-state index contributed by atoms with van der Waals surface area (Å²) in [7, 11) is 0. The van der Waals surface area contributed by atoms with E-state index in [2.05, 4.69) is 14.8 Å². The highest BCUT2D eigenvalue weighted by Gasteiger charge is 2.18. The third-order valence-electron chi connectivity index (χ3n) is 3.04. The monoisotopic (exact) mass is 270 g/mol. The maximum absolute atomic E-state index is 10.5. The molecule has 7 heteroatoms. The molecule has 0 amide bonds. The lowest BCUT2D eigenvalue weighted by Crippen LogP contribution is -2.47. The molecule has 2 rings (SSSR count). The lowest BCUT2D eigenvalue weighted by Gasteiger charge is -2.34. The van der Waals surface area contributed by atoms with E-state index < -0.39 is 4.92 Å². The Kier molecular flexibility index (Phi) is 4.33. The minimum Gasteiger partial charge on any atom is -0.354 e. The minimum atomic E-state index is -0.435. The molecule has 0 bridgehead atoms. The molecule has 0 aliphatic carbocycles. The van der Waals surface area contributed by atoms with Crippen LogP contribution in [0, 0.1) is 10.1 Å². The highest BCUT2D eigenvalue weighted by molar-refractivity contribution is 6.18. The number of nitro groups is 1. The maximum Gasteiger partial charge on any atom is 0.287 e. The second kappa shape index (κ2) is 5.97. The smallest absolute Gasteiger partial charge is 0.287 e. The first-order valence-electron chi connectivity index (χ1n) is 5.84. The zero-order chi connectivity index (χ0) is 13.0. The van der Waals surface area contributed by atoms with Crippen molar-refractivity contribution in [3.05, 3.63) is 28.4 Å². The quantitative estimate of drug-likeness (QED) is 0.469. The molecule has 2 heterocycles. The molecule has 1 aromatic heterocycles. The minimum absolute atomic E-state index is 0.0273. The van der Waals surface area contributed by atoms with Crippen LogP contribution in [-0.2, 0) is 0 Å². The predicted molar refractivity (Wildman–Crippen MR) is 70.3 cm³/mol. The molecule has 1 aromatic rings. The van der Waals surface area contributed by atoms with Gasteiger partial charge < -0.3 is 4.90 Å². The van der Waals surface area contributed by atoms with E-state index in [9.17, 15) is 10.1 Å². The molecule has 0 spiro atoms. The number of aromatic nitrogens is 1. The molecule has 1 fully saturated rings. The van der Waals surface area contributed by atoms with E-state index in [1.165, 1.54) is 12.3 Å². The fourth-order valence-electron chi connectivity index (χ4n) is 1.99. The summed E-state index contributed by atoms with van der Waals surface area (Å²) in [6.45, 7) is 4.56. The number of nitrogens with zero attached hydrogens (tertiary/aromatic N) is 4. The van der Waals surface area contributed by atoms with Crippen LogP contribution in [0.5, 0.6) is 0 Å². The summed E-state index contributed by atoms with van der Waals surface area (Å²) in [5, 5.41) is 10.5. The van der Waals surface area contributed by atoms with E-state index in [1.54, 1.807) is 6.07 Å². The van der Waals surface area contributed by atoms with Gasteiger partial charge in [-0.2, -0.15) is 0 Å². The van der Waals surface area contributed by atoms with E-state index in [-0.39, 0.29) is 5.69 Å². The Morgan fingerprint density at radius 3 is 2.56 bits per heavy atom. The standard InChI is InChI=1S/C11H15ClN4O2/c12-3-4-14-5-7-15(8-6-14)11-2-1-10(9-13-11)16(17)18/h1-2,9H,3-8H2. The number of rotatable bonds is 4. The molecule has 1 saturated heterocycles. The summed E-state index contributed by atoms with van der Waals surface area (Å²) >= 11 is 5.70. The summed E-state index contributed by atoms with van der Waals surface area (Å²) in [5.41, 5.74) is 0.0273. The fourth-order valence-corrected chi connectivity index (χ4v) is 2.23. The van der Waals surface area contributed by atoms with E-state index in [0.717, 1.165) is 38.5 Å². The zero-order valence-electron chi connectivity index (χ0n) is 9.96. The van der Waals surface area contributed by atoms with Crippen molar-refractivity contribution in [1.29, 1.82) is 0 Å². The summed E-state index contributed by atoms with van der Waals surface area (Å²) in [6.07, 6.45) is 1.31. The molecule has 0 radical (unpaired) electrons. The van der Waals surface area contributed by atoms with Crippen molar-refractivity contribution in [2.45, 2.75) is 0 Å². The van der Waals surface area contributed by atoms with Gasteiger partial charge in [-0.15, -0.1) is 11.6 Å². The zero-order valence-corrected chi connectivity index (χ0v) is 10.7. The van der Waals surface area contributed by atoms with Gasteiger partial charge in [0.15, 0.2) is 0 Å². The van der Waals surface area contributed by atoms with E-state index in [0.29, 0.717) is 5.88 Å². The maximum atomic E-state index is 10.5. The van der Waals surface area contributed by atoms with Gasteiger partial charge in [-0.1, -0.05) is 0 Å². The highest BCUT2D eigenvalue weighted by atomic mass is 35.5. The molecule has 0 atom stereocenters. The SMILES string of the molecule is O=[N+]([O-])c1ccc(N2CCN(CCCl)CC2)nc1. The van der Waals surface area contributed by atoms with Crippen molar-refractivity contribution in [1.82, 2.24) is 9.88 Å². The molecule has 1 aliphatic heterocycles. The number of alkyl halides is 1. The van der Waals surface area contributed by atoms with Crippen molar-refractivity contribution in [2.75, 3.05) is 43.5 Å². The van der Waals surface area contributed by atoms with Gasteiger partial charge in [0.1, 0.15) is 12.0 Å². The van der Waals surface area contributed by atoms with E-state index in [4.69, 9.17) is 11.6 Å². The van der Waals surface area contributed by atoms with Crippen molar-refractivity contribution in [3.63, 3.8) is 0 Å². The molecular weight excluding hydrogens is 256 g/mol. The molecular formula is C11H15ClN4O2. The lowest BCUT2D eigenvalue weighted by atomic mass is 10.3. The number of hydrogen-bond donors (Lipinski definition) is 0. The van der Waals surface area contributed by atoms with Crippen LogP contribution in [0.25, 0.3) is 0 Å². The van der Waals surface area contributed by atoms with Crippen molar-refractivity contribution in [2.24, 2.45) is 0 Å². The first-order chi connectivity index (χ1) is 8.70. The normalized spacial score (nSPS) is 16.8. The molecule has 18 heavy (non-hydrogen) atoms. The summed E-state index contributed by atoms with van der Waals surface area (Å²) in [5.74, 6) is 1.45. The number of hydrogen-bond acceptors (Lipinski definition) is 5. The topological polar surface area (TPSA) is 62.5 Å². The summed E-state index contributed by atoms with van der Waals surface area (Å²) in [6, 6.07) is 3.20. The average Bonchev–Trinajstić information content (AvgIpc) is 2.40. The Balaban J connectivity index is 1.95. The van der Waals surface area contributed by atoms with Crippen molar-refractivity contribution < 1.29 is 4.92 Å². The number of halogens is 1. The van der Waals surface area contributed by atoms with Gasteiger partial charge in [0.05, 0.1) is 4.92 Å². The van der Waals surface area contributed by atoms with Crippen LogP contribution in [0.4, 0.5) is 11.5 Å². The third kappa shape index (κ3) is 3.08. The molecule has 6 nitrogen and oxygen atoms in total. The van der Waals surface area contributed by atoms with Gasteiger partial charge in [-0.3, -0.25) is 15.0 Å². The van der Waals surface area contributed by atoms with Gasteiger partial charge >= 0.3 is 0 Å². The van der Waals surface area contributed by atoms with Gasteiger partial charge in [0, 0.05) is 44.7 Å². The Labute approximate surface area is 110 Å². The number of anilines is 1. The van der Waals surface area contributed by atoms with Crippen LogP contribution < -0.4 is 4.90 Å². The second-order valence-corrected chi connectivity index (χ2v) is 4.53. The highest BCUT2D eigenvalue weighted by Crippen LogP contribution is 2.17. The number of piperazine rings is 1. The first kappa shape index (κ1) is 13.0. The Hall–Kier alpha value is -1.40. The molecule has 0 aromatic carbocycles. The summed E-state index contributed by atoms with van der Waals surface area (Å²) < 4.78 is 0. The predicted octanol–water partition coefficient (Wildman–Crippen LogP) is 1.35. The van der Waals surface area contributed by atoms with Crippen LogP contribution in [0.15, 0.2) is 18.3 Å². The molecule has 0 saturated carbocycles. The van der Waals surface area contributed by atoms with Crippen LogP contribution in [0.1, 0.15) is 0 Å². The van der Waals surface area contributed by atoms with Gasteiger partial charge in [0.25, 0.3) is 5.69 Å². The van der Waals surface area contributed by atoms with Gasteiger partial charge in [-0.05, 0) is 6.07 Å². The Morgan fingerprint density at radius 2 is 2.06 bits per heavy atom. The Bertz CT molecular complexity index is 404. The van der Waals surface area contributed by atoms with E-state index in [1.807, 2.05) is 0 Å². The molecule has 98 valence electrons. The molecule has 0 unspecified atom stereocenters. The first-order valence-corrected chi connectivity index (χ1v) is 6.38. The van der Waals surface area contributed by atoms with Crippen molar-refractivity contribution >= 4 is 23.1 Å². The largest absolute Gasteiger partial charge is 0.354 e. The summed E-state index contributed by atoms with van der Waals surface area (Å²) in [4.78, 5) is 18.7. The van der Waals surface area contributed by atoms with E-state index >= 15 is 0 Å². The number of pyridine rings is 1. The van der Waals surface area contributed by atoms with Gasteiger partial charge in [-0.25, -0.2) is 4.98 Å². The second-order valence-electron chi connectivity index (χ2n) is 4.15. The lowest BCUT2D eigenvalue weighted by molar-refractivity contribution is -0.385. The fraction of sp³-hybridized carbons (Fsp3) is 0.545. The van der Waals surface area contributed by atoms with Crippen LogP contribution in [0.2, 0.25) is 0 Å². The van der Waals surface area contributed by atoms with Crippen LogP contribution in [-0.4, -0.2) is 53.4 Å². The third-order valence-corrected chi connectivity index (χ3v) is 3.21.